The van der Waals surface area contributed by atoms with Crippen LogP contribution in [0.2, 0.25) is 0 Å². The number of benzene rings is 1. The highest BCUT2D eigenvalue weighted by Gasteiger charge is 2.32. The minimum absolute atomic E-state index is 0.000851. The SMILES string of the molecule is CCN(Cc1cc(C#N)cc(C(F)(F)F)c1)C(=O)C1CCCC1.CNC1CCOCC1. The van der Waals surface area contributed by atoms with E-state index in [9.17, 15) is 18.0 Å². The number of hydrogen-bond acceptors (Lipinski definition) is 4. The molecular formula is C23H32F3N3O2. The van der Waals surface area contributed by atoms with E-state index in [2.05, 4.69) is 5.32 Å². The van der Waals surface area contributed by atoms with Gasteiger partial charge in [-0.3, -0.25) is 4.79 Å². The van der Waals surface area contributed by atoms with E-state index < -0.39 is 11.7 Å². The Hall–Kier alpha value is -2.11. The van der Waals surface area contributed by atoms with E-state index >= 15 is 0 Å². The Morgan fingerprint density at radius 1 is 1.19 bits per heavy atom. The van der Waals surface area contributed by atoms with Crippen molar-refractivity contribution in [3.8, 4) is 6.07 Å². The zero-order chi connectivity index (χ0) is 22.9. The predicted molar refractivity (Wildman–Crippen MR) is 112 cm³/mol. The van der Waals surface area contributed by atoms with Gasteiger partial charge >= 0.3 is 6.18 Å². The number of halogens is 3. The molecule has 1 aromatic rings. The summed E-state index contributed by atoms with van der Waals surface area (Å²) in [4.78, 5) is 14.0. The largest absolute Gasteiger partial charge is 0.416 e. The zero-order valence-electron chi connectivity index (χ0n) is 18.3. The molecule has 0 atom stereocenters. The molecular weight excluding hydrogens is 407 g/mol. The Kier molecular flexibility index (Phi) is 9.79. The summed E-state index contributed by atoms with van der Waals surface area (Å²) in [6.45, 7) is 4.22. The molecule has 1 aliphatic carbocycles. The van der Waals surface area contributed by atoms with Crippen molar-refractivity contribution in [3.05, 3.63) is 34.9 Å². The Bertz CT molecular complexity index is 749. The fourth-order valence-corrected chi connectivity index (χ4v) is 3.99. The lowest BCUT2D eigenvalue weighted by molar-refractivity contribution is -0.137. The number of carbonyl (C=O) groups excluding carboxylic acids is 1. The predicted octanol–water partition coefficient (Wildman–Crippen LogP) is 4.50. The summed E-state index contributed by atoms with van der Waals surface area (Å²) in [5.74, 6) is -0.0166. The van der Waals surface area contributed by atoms with Crippen LogP contribution < -0.4 is 5.32 Å². The van der Waals surface area contributed by atoms with Crippen LogP contribution in [0.1, 0.15) is 62.1 Å². The Labute approximate surface area is 182 Å². The average Bonchev–Trinajstić information content (AvgIpc) is 3.32. The fraction of sp³-hybridized carbons (Fsp3) is 0.652. The van der Waals surface area contributed by atoms with E-state index in [-0.39, 0.29) is 23.9 Å². The van der Waals surface area contributed by atoms with Crippen molar-refractivity contribution >= 4 is 5.91 Å². The number of rotatable bonds is 5. The van der Waals surface area contributed by atoms with Gasteiger partial charge in [-0.25, -0.2) is 0 Å². The number of amides is 1. The summed E-state index contributed by atoms with van der Waals surface area (Å²) in [5, 5.41) is 12.2. The first-order valence-electron chi connectivity index (χ1n) is 10.9. The van der Waals surface area contributed by atoms with Gasteiger partial charge in [0.2, 0.25) is 5.91 Å². The van der Waals surface area contributed by atoms with Crippen LogP contribution in [0.15, 0.2) is 18.2 Å². The third-order valence-electron chi connectivity index (χ3n) is 5.85. The lowest BCUT2D eigenvalue weighted by Crippen LogP contribution is -2.34. The molecule has 31 heavy (non-hydrogen) atoms. The van der Waals surface area contributed by atoms with E-state index in [1.165, 1.54) is 18.9 Å². The van der Waals surface area contributed by atoms with Crippen LogP contribution in [0, 0.1) is 17.2 Å². The van der Waals surface area contributed by atoms with Crippen LogP contribution in [0.5, 0.6) is 0 Å². The molecule has 2 aliphatic rings. The summed E-state index contributed by atoms with van der Waals surface area (Å²) < 4.78 is 43.9. The number of carbonyl (C=O) groups is 1. The molecule has 5 nitrogen and oxygen atoms in total. The molecule has 3 rings (SSSR count). The Balaban J connectivity index is 0.000000357. The summed E-state index contributed by atoms with van der Waals surface area (Å²) in [6, 6.07) is 5.73. The molecule has 1 N–H and O–H groups in total. The van der Waals surface area contributed by atoms with Gasteiger partial charge in [-0.15, -0.1) is 0 Å². The molecule has 2 fully saturated rings. The van der Waals surface area contributed by atoms with Crippen molar-refractivity contribution in [3.63, 3.8) is 0 Å². The van der Waals surface area contributed by atoms with Gasteiger partial charge in [0.05, 0.1) is 17.2 Å². The third-order valence-corrected chi connectivity index (χ3v) is 5.85. The van der Waals surface area contributed by atoms with Gasteiger partial charge in [-0.05, 0) is 63.4 Å². The second-order valence-corrected chi connectivity index (χ2v) is 8.04. The molecule has 0 radical (unpaired) electrons. The molecule has 0 aromatic heterocycles. The van der Waals surface area contributed by atoms with E-state index in [4.69, 9.17) is 10.00 Å². The minimum atomic E-state index is -4.51. The Morgan fingerprint density at radius 3 is 2.32 bits per heavy atom. The van der Waals surface area contributed by atoms with Crippen LogP contribution in [0.4, 0.5) is 13.2 Å². The molecule has 0 bridgehead atoms. The number of ether oxygens (including phenoxy) is 1. The van der Waals surface area contributed by atoms with E-state index in [1.807, 2.05) is 14.0 Å². The molecule has 1 amide bonds. The summed E-state index contributed by atoms with van der Waals surface area (Å²) >= 11 is 0. The molecule has 1 aliphatic heterocycles. The lowest BCUT2D eigenvalue weighted by Gasteiger charge is -2.24. The standard InChI is InChI=1S/C17H19F3N2O.C6H13NO/c1-2-22(16(23)14-5-3-4-6-14)11-13-7-12(10-21)8-15(9-13)17(18,19)20;1-7-6-2-4-8-5-3-6/h7-9,14H,2-6,11H2,1H3;6-7H,2-5H2,1H3. The highest BCUT2D eigenvalue weighted by Crippen LogP contribution is 2.31. The number of alkyl halides is 3. The smallest absolute Gasteiger partial charge is 0.381 e. The van der Waals surface area contributed by atoms with Crippen LogP contribution in [0.25, 0.3) is 0 Å². The number of nitriles is 1. The van der Waals surface area contributed by atoms with Crippen molar-refractivity contribution in [1.29, 1.82) is 5.26 Å². The van der Waals surface area contributed by atoms with Gasteiger partial charge in [0.25, 0.3) is 0 Å². The summed E-state index contributed by atoms with van der Waals surface area (Å²) in [7, 11) is 2.01. The number of hydrogen-bond donors (Lipinski definition) is 1. The van der Waals surface area contributed by atoms with Crippen molar-refractivity contribution in [2.45, 2.75) is 64.2 Å². The third kappa shape index (κ3) is 7.82. The highest BCUT2D eigenvalue weighted by atomic mass is 19.4. The van der Waals surface area contributed by atoms with Crippen molar-refractivity contribution in [1.82, 2.24) is 10.2 Å². The molecule has 0 spiro atoms. The van der Waals surface area contributed by atoms with Crippen molar-refractivity contribution in [2.75, 3.05) is 26.8 Å². The minimum Gasteiger partial charge on any atom is -0.381 e. The first-order chi connectivity index (χ1) is 14.8. The van der Waals surface area contributed by atoms with Gasteiger partial charge in [0.1, 0.15) is 0 Å². The quantitative estimate of drug-likeness (QED) is 0.734. The average molecular weight is 440 g/mol. The number of nitrogens with one attached hydrogen (secondary N) is 1. The fourth-order valence-electron chi connectivity index (χ4n) is 3.99. The van der Waals surface area contributed by atoms with Crippen LogP contribution >= 0.6 is 0 Å². The van der Waals surface area contributed by atoms with Gasteiger partial charge in [-0.2, -0.15) is 18.4 Å². The lowest BCUT2D eigenvalue weighted by atomic mass is 10.0. The first-order valence-corrected chi connectivity index (χ1v) is 10.9. The second-order valence-electron chi connectivity index (χ2n) is 8.04. The summed E-state index contributed by atoms with van der Waals surface area (Å²) in [6.07, 6.45) is 1.59. The maximum Gasteiger partial charge on any atom is 0.416 e. The van der Waals surface area contributed by atoms with Gasteiger partial charge in [0.15, 0.2) is 0 Å². The maximum absolute atomic E-state index is 12.9. The first kappa shape index (κ1) is 25.2. The topological polar surface area (TPSA) is 65.4 Å². The molecule has 1 saturated carbocycles. The van der Waals surface area contributed by atoms with Gasteiger partial charge < -0.3 is 15.0 Å². The Morgan fingerprint density at radius 2 is 1.84 bits per heavy atom. The number of nitrogens with zero attached hydrogens (tertiary/aromatic N) is 2. The molecule has 1 heterocycles. The van der Waals surface area contributed by atoms with Gasteiger partial charge in [-0.1, -0.05) is 12.8 Å². The van der Waals surface area contributed by atoms with E-state index in [0.29, 0.717) is 18.2 Å². The molecule has 8 heteroatoms. The highest BCUT2D eigenvalue weighted by molar-refractivity contribution is 5.79. The normalized spacial score (nSPS) is 17.5. The van der Waals surface area contributed by atoms with Gasteiger partial charge in [0, 0.05) is 38.3 Å². The molecule has 0 unspecified atom stereocenters. The second kappa shape index (κ2) is 12.1. The van der Waals surface area contributed by atoms with Crippen LogP contribution in [0.3, 0.4) is 0 Å². The van der Waals surface area contributed by atoms with E-state index in [0.717, 1.165) is 51.0 Å². The van der Waals surface area contributed by atoms with Crippen molar-refractivity contribution in [2.24, 2.45) is 5.92 Å². The maximum atomic E-state index is 12.9. The molecule has 172 valence electrons. The van der Waals surface area contributed by atoms with Crippen molar-refractivity contribution < 1.29 is 22.7 Å². The van der Waals surface area contributed by atoms with E-state index in [1.54, 1.807) is 11.0 Å². The molecule has 1 saturated heterocycles. The zero-order valence-corrected chi connectivity index (χ0v) is 18.3. The van der Waals surface area contributed by atoms with Crippen LogP contribution in [-0.2, 0) is 22.3 Å². The van der Waals surface area contributed by atoms with Crippen LogP contribution in [-0.4, -0.2) is 43.7 Å². The monoisotopic (exact) mass is 439 g/mol. The molecule has 1 aromatic carbocycles. The summed E-state index contributed by atoms with van der Waals surface area (Å²) in [5.41, 5.74) is -0.556.